The molecule has 0 saturated carbocycles. The van der Waals surface area contributed by atoms with Crippen molar-refractivity contribution in [2.45, 2.75) is 6.92 Å². The molecule has 0 bridgehead atoms. The lowest BCUT2D eigenvalue weighted by molar-refractivity contribution is -0.140. The summed E-state index contributed by atoms with van der Waals surface area (Å²) in [7, 11) is 0. The van der Waals surface area contributed by atoms with E-state index in [1.165, 1.54) is 22.7 Å². The summed E-state index contributed by atoms with van der Waals surface area (Å²) >= 11 is 1.46. The molecule has 0 N–H and O–H groups in total. The number of carbonyl (C=O) groups excluding carboxylic acids is 2. The molecule has 142 valence electrons. The van der Waals surface area contributed by atoms with Gasteiger partial charge in [-0.05, 0) is 30.2 Å². The van der Waals surface area contributed by atoms with Gasteiger partial charge in [0.2, 0.25) is 5.91 Å². The summed E-state index contributed by atoms with van der Waals surface area (Å²) < 4.78 is 10.9. The number of thioether (sulfide) groups is 1. The van der Waals surface area contributed by atoms with Crippen LogP contribution in [0.2, 0.25) is 0 Å². The van der Waals surface area contributed by atoms with Gasteiger partial charge in [0.25, 0.3) is 0 Å². The van der Waals surface area contributed by atoms with Crippen molar-refractivity contribution in [3.8, 4) is 16.9 Å². The molecule has 1 fully saturated rings. The van der Waals surface area contributed by atoms with E-state index in [9.17, 15) is 14.4 Å². The summed E-state index contributed by atoms with van der Waals surface area (Å²) in [4.78, 5) is 37.5. The second-order valence-electron chi connectivity index (χ2n) is 6.45. The fraction of sp³-hybridized carbons (Fsp3) is 0.190. The van der Waals surface area contributed by atoms with E-state index in [-0.39, 0.29) is 12.5 Å². The minimum atomic E-state index is -0.528. The maximum Gasteiger partial charge on any atom is 0.336 e. The fourth-order valence-electron chi connectivity index (χ4n) is 3.16. The van der Waals surface area contributed by atoms with Gasteiger partial charge in [-0.15, -0.1) is 11.8 Å². The number of benzene rings is 2. The summed E-state index contributed by atoms with van der Waals surface area (Å²) in [5.74, 6) is 0.580. The van der Waals surface area contributed by atoms with Gasteiger partial charge in [-0.1, -0.05) is 30.3 Å². The molecule has 3 aromatic rings. The van der Waals surface area contributed by atoms with Crippen LogP contribution in [-0.4, -0.2) is 35.0 Å². The molecule has 28 heavy (non-hydrogen) atoms. The Morgan fingerprint density at radius 1 is 1.18 bits per heavy atom. The highest BCUT2D eigenvalue weighted by Gasteiger charge is 2.24. The number of ether oxygens (including phenoxy) is 1. The maximum absolute atomic E-state index is 12.2. The Kier molecular flexibility index (Phi) is 4.92. The molecule has 6 nitrogen and oxygen atoms in total. The smallest absolute Gasteiger partial charge is 0.336 e. The molecule has 1 saturated heterocycles. The molecule has 7 heteroatoms. The van der Waals surface area contributed by atoms with Crippen molar-refractivity contribution in [2.24, 2.45) is 0 Å². The zero-order valence-corrected chi connectivity index (χ0v) is 16.0. The van der Waals surface area contributed by atoms with E-state index in [4.69, 9.17) is 9.15 Å². The van der Waals surface area contributed by atoms with Crippen molar-refractivity contribution in [2.75, 3.05) is 18.2 Å². The van der Waals surface area contributed by atoms with Crippen LogP contribution >= 0.6 is 11.8 Å². The number of hydrogen-bond acceptors (Lipinski definition) is 6. The molecule has 4 rings (SSSR count). The van der Waals surface area contributed by atoms with Gasteiger partial charge >= 0.3 is 11.6 Å². The van der Waals surface area contributed by atoms with Gasteiger partial charge in [-0.25, -0.2) is 9.59 Å². The van der Waals surface area contributed by atoms with Crippen LogP contribution in [0.3, 0.4) is 0 Å². The van der Waals surface area contributed by atoms with Gasteiger partial charge in [0.15, 0.2) is 0 Å². The summed E-state index contributed by atoms with van der Waals surface area (Å²) in [5.41, 5.74) is 2.12. The number of hydrogen-bond donors (Lipinski definition) is 0. The van der Waals surface area contributed by atoms with Crippen molar-refractivity contribution in [3.05, 3.63) is 64.5 Å². The Balaban J connectivity index is 1.68. The van der Waals surface area contributed by atoms with Crippen molar-refractivity contribution >= 4 is 34.6 Å². The van der Waals surface area contributed by atoms with Gasteiger partial charge in [0.05, 0.1) is 11.6 Å². The molecular formula is C21H17NO5S. The largest absolute Gasteiger partial charge is 0.425 e. The standard InChI is InChI=1S/C21H17NO5S/c1-13-17(26-20(25)10-22-12-28-11-18(22)23)8-7-15-16(9-19(24)27-21(13)15)14-5-3-2-4-6-14/h2-9H,10-12H2,1H3. The van der Waals surface area contributed by atoms with Crippen molar-refractivity contribution in [1.29, 1.82) is 0 Å². The van der Waals surface area contributed by atoms with Gasteiger partial charge in [0.1, 0.15) is 17.9 Å². The minimum Gasteiger partial charge on any atom is -0.425 e. The maximum atomic E-state index is 12.2. The molecule has 1 aromatic heterocycles. The van der Waals surface area contributed by atoms with Crippen molar-refractivity contribution < 1.29 is 18.7 Å². The molecular weight excluding hydrogens is 378 g/mol. The molecule has 0 spiro atoms. The summed E-state index contributed by atoms with van der Waals surface area (Å²) in [6, 6.07) is 14.5. The molecule has 0 radical (unpaired) electrons. The number of aryl methyl sites for hydroxylation is 1. The summed E-state index contributed by atoms with van der Waals surface area (Å²) in [6.45, 7) is 1.64. The van der Waals surface area contributed by atoms with Crippen LogP contribution in [0.25, 0.3) is 22.1 Å². The molecule has 0 atom stereocenters. The Bertz CT molecular complexity index is 1120. The Labute approximate surface area is 165 Å². The quantitative estimate of drug-likeness (QED) is 0.384. The van der Waals surface area contributed by atoms with Crippen LogP contribution in [0.15, 0.2) is 57.7 Å². The Morgan fingerprint density at radius 2 is 1.96 bits per heavy atom. The van der Waals surface area contributed by atoms with E-state index in [2.05, 4.69) is 0 Å². The van der Waals surface area contributed by atoms with Crippen molar-refractivity contribution in [3.63, 3.8) is 0 Å². The second kappa shape index (κ2) is 7.52. The van der Waals surface area contributed by atoms with E-state index in [1.807, 2.05) is 30.3 Å². The number of esters is 1. The number of carbonyl (C=O) groups is 2. The first-order valence-electron chi connectivity index (χ1n) is 8.72. The number of rotatable bonds is 4. The third-order valence-electron chi connectivity index (χ3n) is 4.57. The van der Waals surface area contributed by atoms with E-state index in [0.29, 0.717) is 28.5 Å². The lowest BCUT2D eigenvalue weighted by atomic mass is 10.0. The first-order chi connectivity index (χ1) is 13.5. The lowest BCUT2D eigenvalue weighted by Crippen LogP contribution is -2.33. The molecule has 0 aliphatic carbocycles. The topological polar surface area (TPSA) is 76.8 Å². The molecule has 1 amide bonds. The van der Waals surface area contributed by atoms with E-state index < -0.39 is 11.6 Å². The van der Waals surface area contributed by atoms with Crippen molar-refractivity contribution in [1.82, 2.24) is 4.90 Å². The minimum absolute atomic E-state index is 0.0734. The number of amides is 1. The second-order valence-corrected chi connectivity index (χ2v) is 7.41. The van der Waals surface area contributed by atoms with Gasteiger partial charge in [-0.3, -0.25) is 4.79 Å². The fourth-order valence-corrected chi connectivity index (χ4v) is 4.07. The zero-order valence-electron chi connectivity index (χ0n) is 15.1. The highest BCUT2D eigenvalue weighted by atomic mass is 32.2. The van der Waals surface area contributed by atoms with Gasteiger partial charge < -0.3 is 14.1 Å². The first-order valence-corrected chi connectivity index (χ1v) is 9.87. The molecule has 2 aromatic carbocycles. The van der Waals surface area contributed by atoms with Gasteiger partial charge in [0, 0.05) is 17.0 Å². The normalized spacial score (nSPS) is 13.9. The predicted octanol–water partition coefficient (Wildman–Crippen LogP) is 3.21. The van der Waals surface area contributed by atoms with Crippen LogP contribution in [0.4, 0.5) is 0 Å². The number of nitrogens with zero attached hydrogens (tertiary/aromatic N) is 1. The SMILES string of the molecule is Cc1c(OC(=O)CN2CSCC2=O)ccc2c(-c3ccccc3)cc(=O)oc12. The van der Waals surface area contributed by atoms with Crippen LogP contribution in [0.1, 0.15) is 5.56 Å². The highest BCUT2D eigenvalue weighted by Crippen LogP contribution is 2.33. The number of fused-ring (bicyclic) bond motifs is 1. The average molecular weight is 395 g/mol. The van der Waals surface area contributed by atoms with Crippen LogP contribution < -0.4 is 10.4 Å². The third kappa shape index (κ3) is 3.53. The van der Waals surface area contributed by atoms with Crippen LogP contribution in [-0.2, 0) is 9.59 Å². The Hall–Kier alpha value is -3.06. The summed E-state index contributed by atoms with van der Waals surface area (Å²) in [5, 5.41) is 0.759. The van der Waals surface area contributed by atoms with Crippen LogP contribution in [0, 0.1) is 6.92 Å². The third-order valence-corrected chi connectivity index (χ3v) is 5.51. The van der Waals surface area contributed by atoms with Gasteiger partial charge in [-0.2, -0.15) is 0 Å². The lowest BCUT2D eigenvalue weighted by Gasteiger charge is -2.15. The van der Waals surface area contributed by atoms with E-state index in [1.54, 1.807) is 19.1 Å². The zero-order chi connectivity index (χ0) is 19.7. The Morgan fingerprint density at radius 3 is 2.68 bits per heavy atom. The monoisotopic (exact) mass is 395 g/mol. The van der Waals surface area contributed by atoms with Crippen LogP contribution in [0.5, 0.6) is 5.75 Å². The van der Waals surface area contributed by atoms with E-state index >= 15 is 0 Å². The molecule has 2 heterocycles. The highest BCUT2D eigenvalue weighted by molar-refractivity contribution is 8.00. The molecule has 1 aliphatic rings. The van der Waals surface area contributed by atoms with E-state index in [0.717, 1.165) is 16.5 Å². The first kappa shape index (κ1) is 18.3. The molecule has 1 aliphatic heterocycles. The molecule has 0 unspecified atom stereocenters. The predicted molar refractivity (Wildman–Crippen MR) is 107 cm³/mol. The average Bonchev–Trinajstić information content (AvgIpc) is 3.09. The summed E-state index contributed by atoms with van der Waals surface area (Å²) in [6.07, 6.45) is 0.